The van der Waals surface area contributed by atoms with Crippen LogP contribution < -0.4 is 5.73 Å². The van der Waals surface area contributed by atoms with Gasteiger partial charge in [0.25, 0.3) is 0 Å². The monoisotopic (exact) mass is 239 g/mol. The van der Waals surface area contributed by atoms with Crippen LogP contribution in [-0.2, 0) is 6.42 Å². The largest absolute Gasteiger partial charge is 0.327 e. The smallest absolute Gasteiger partial charge is 0.0177 e. The molecule has 1 rings (SSSR count). The molecule has 0 aliphatic carbocycles. The van der Waals surface area contributed by atoms with Gasteiger partial charge in [0.1, 0.15) is 0 Å². The third-order valence-corrected chi connectivity index (χ3v) is 2.28. The fraction of sp³-hybridized carbons (Fsp3) is 0.273. The van der Waals surface area contributed by atoms with Crippen molar-refractivity contribution in [1.82, 2.24) is 0 Å². The van der Waals surface area contributed by atoms with Crippen molar-refractivity contribution in [1.29, 1.82) is 0 Å². The number of benzene rings is 1. The van der Waals surface area contributed by atoms with E-state index in [0.29, 0.717) is 6.54 Å². The molecule has 0 aliphatic heterocycles. The SMILES string of the molecule is NC/C=C/CCc1cccc(Br)c1. The Labute approximate surface area is 87.8 Å². The van der Waals surface area contributed by atoms with Crippen LogP contribution in [0.3, 0.4) is 0 Å². The van der Waals surface area contributed by atoms with E-state index < -0.39 is 0 Å². The molecule has 0 saturated carbocycles. The number of hydrogen-bond donors (Lipinski definition) is 1. The Bertz CT molecular complexity index is 281. The Hall–Kier alpha value is -0.600. The first kappa shape index (κ1) is 10.5. The van der Waals surface area contributed by atoms with E-state index in [2.05, 4.69) is 40.2 Å². The van der Waals surface area contributed by atoms with Gasteiger partial charge in [-0.3, -0.25) is 0 Å². The lowest BCUT2D eigenvalue weighted by molar-refractivity contribution is 0.993. The number of aryl methyl sites for hydroxylation is 1. The van der Waals surface area contributed by atoms with Crippen molar-refractivity contribution in [3.8, 4) is 0 Å². The molecular weight excluding hydrogens is 226 g/mol. The Morgan fingerprint density at radius 3 is 2.85 bits per heavy atom. The summed E-state index contributed by atoms with van der Waals surface area (Å²) < 4.78 is 1.15. The molecule has 0 radical (unpaired) electrons. The molecule has 70 valence electrons. The minimum atomic E-state index is 0.637. The van der Waals surface area contributed by atoms with Crippen LogP contribution in [0, 0.1) is 0 Å². The van der Waals surface area contributed by atoms with E-state index in [-0.39, 0.29) is 0 Å². The zero-order valence-electron chi connectivity index (χ0n) is 7.54. The number of rotatable bonds is 4. The molecule has 0 unspecified atom stereocenters. The summed E-state index contributed by atoms with van der Waals surface area (Å²) in [5, 5.41) is 0. The van der Waals surface area contributed by atoms with Crippen molar-refractivity contribution in [2.45, 2.75) is 12.8 Å². The van der Waals surface area contributed by atoms with Gasteiger partial charge >= 0.3 is 0 Å². The lowest BCUT2D eigenvalue weighted by Gasteiger charge is -1.98. The van der Waals surface area contributed by atoms with Gasteiger partial charge in [-0.15, -0.1) is 0 Å². The van der Waals surface area contributed by atoms with Gasteiger partial charge in [0.2, 0.25) is 0 Å². The van der Waals surface area contributed by atoms with Crippen LogP contribution in [0.25, 0.3) is 0 Å². The number of halogens is 1. The minimum Gasteiger partial charge on any atom is -0.327 e. The first-order chi connectivity index (χ1) is 6.33. The van der Waals surface area contributed by atoms with Gasteiger partial charge in [0, 0.05) is 11.0 Å². The molecule has 0 spiro atoms. The predicted octanol–water partition coefficient (Wildman–Crippen LogP) is 2.90. The van der Waals surface area contributed by atoms with Crippen LogP contribution >= 0.6 is 15.9 Å². The average molecular weight is 240 g/mol. The molecule has 1 nitrogen and oxygen atoms in total. The van der Waals surface area contributed by atoms with Crippen LogP contribution in [0.1, 0.15) is 12.0 Å². The highest BCUT2D eigenvalue weighted by Crippen LogP contribution is 2.12. The van der Waals surface area contributed by atoms with Crippen molar-refractivity contribution in [3.63, 3.8) is 0 Å². The van der Waals surface area contributed by atoms with Gasteiger partial charge in [-0.1, -0.05) is 40.2 Å². The zero-order valence-corrected chi connectivity index (χ0v) is 9.13. The summed E-state index contributed by atoms with van der Waals surface area (Å²) in [6.45, 7) is 0.637. The Morgan fingerprint density at radius 1 is 1.31 bits per heavy atom. The number of nitrogens with two attached hydrogens (primary N) is 1. The second-order valence-corrected chi connectivity index (χ2v) is 3.79. The predicted molar refractivity (Wildman–Crippen MR) is 60.7 cm³/mol. The molecular formula is C11H14BrN. The zero-order chi connectivity index (χ0) is 9.52. The topological polar surface area (TPSA) is 26.0 Å². The van der Waals surface area contributed by atoms with E-state index >= 15 is 0 Å². The molecule has 0 amide bonds. The van der Waals surface area contributed by atoms with Crippen molar-refractivity contribution in [3.05, 3.63) is 46.5 Å². The summed E-state index contributed by atoms with van der Waals surface area (Å²) in [4.78, 5) is 0. The molecule has 0 fully saturated rings. The maximum Gasteiger partial charge on any atom is 0.0177 e. The van der Waals surface area contributed by atoms with Gasteiger partial charge in [-0.2, -0.15) is 0 Å². The first-order valence-electron chi connectivity index (χ1n) is 4.42. The summed E-state index contributed by atoms with van der Waals surface area (Å²) in [5.41, 5.74) is 6.70. The van der Waals surface area contributed by atoms with Crippen LogP contribution in [0.2, 0.25) is 0 Å². The highest BCUT2D eigenvalue weighted by molar-refractivity contribution is 9.10. The summed E-state index contributed by atoms with van der Waals surface area (Å²) in [5.74, 6) is 0. The quantitative estimate of drug-likeness (QED) is 0.804. The second-order valence-electron chi connectivity index (χ2n) is 2.88. The number of hydrogen-bond acceptors (Lipinski definition) is 1. The highest BCUT2D eigenvalue weighted by Gasteiger charge is 1.91. The fourth-order valence-corrected chi connectivity index (χ4v) is 1.60. The maximum atomic E-state index is 5.34. The van der Waals surface area contributed by atoms with E-state index in [4.69, 9.17) is 5.73 Å². The minimum absolute atomic E-state index is 0.637. The Morgan fingerprint density at radius 2 is 2.15 bits per heavy atom. The van der Waals surface area contributed by atoms with Crippen LogP contribution in [-0.4, -0.2) is 6.54 Å². The Kier molecular flexibility index (Phi) is 4.79. The third kappa shape index (κ3) is 4.25. The maximum absolute atomic E-state index is 5.34. The lowest BCUT2D eigenvalue weighted by Crippen LogP contribution is -1.92. The molecule has 1 aromatic carbocycles. The molecule has 2 heteroatoms. The Balaban J connectivity index is 2.41. The van der Waals surface area contributed by atoms with Crippen LogP contribution in [0.4, 0.5) is 0 Å². The highest BCUT2D eigenvalue weighted by atomic mass is 79.9. The average Bonchev–Trinajstić information content (AvgIpc) is 2.13. The van der Waals surface area contributed by atoms with Crippen molar-refractivity contribution >= 4 is 15.9 Å². The molecule has 0 heterocycles. The van der Waals surface area contributed by atoms with Gasteiger partial charge in [-0.05, 0) is 30.5 Å². The molecule has 2 N–H and O–H groups in total. The van der Waals surface area contributed by atoms with E-state index in [1.54, 1.807) is 0 Å². The van der Waals surface area contributed by atoms with Gasteiger partial charge in [-0.25, -0.2) is 0 Å². The van der Waals surface area contributed by atoms with Crippen LogP contribution in [0.5, 0.6) is 0 Å². The molecule has 1 aromatic rings. The summed E-state index contributed by atoms with van der Waals surface area (Å²) in [7, 11) is 0. The first-order valence-corrected chi connectivity index (χ1v) is 5.21. The summed E-state index contributed by atoms with van der Waals surface area (Å²) in [6, 6.07) is 8.39. The van der Waals surface area contributed by atoms with E-state index in [9.17, 15) is 0 Å². The summed E-state index contributed by atoms with van der Waals surface area (Å²) >= 11 is 3.45. The number of allylic oxidation sites excluding steroid dienone is 1. The molecule has 0 bridgehead atoms. The van der Waals surface area contributed by atoms with Crippen LogP contribution in [0.15, 0.2) is 40.9 Å². The molecule has 0 aliphatic rings. The van der Waals surface area contributed by atoms with Gasteiger partial charge in [0.15, 0.2) is 0 Å². The third-order valence-electron chi connectivity index (χ3n) is 1.79. The summed E-state index contributed by atoms with van der Waals surface area (Å²) in [6.07, 6.45) is 6.27. The normalized spacial score (nSPS) is 10.9. The van der Waals surface area contributed by atoms with Gasteiger partial charge in [0.05, 0.1) is 0 Å². The molecule has 0 aromatic heterocycles. The molecule has 0 saturated heterocycles. The van der Waals surface area contributed by atoms with E-state index in [1.807, 2.05) is 12.1 Å². The van der Waals surface area contributed by atoms with Gasteiger partial charge < -0.3 is 5.73 Å². The van der Waals surface area contributed by atoms with Crippen molar-refractivity contribution in [2.24, 2.45) is 5.73 Å². The second kappa shape index (κ2) is 5.95. The molecule has 0 atom stereocenters. The van der Waals surface area contributed by atoms with Crippen molar-refractivity contribution in [2.75, 3.05) is 6.54 Å². The standard InChI is InChI=1S/C11H14BrN/c12-11-7-4-6-10(9-11)5-2-1-3-8-13/h1,3-4,6-7,9H,2,5,8,13H2/b3-1+. The van der Waals surface area contributed by atoms with E-state index in [0.717, 1.165) is 17.3 Å². The van der Waals surface area contributed by atoms with Crippen molar-refractivity contribution < 1.29 is 0 Å². The molecule has 13 heavy (non-hydrogen) atoms. The lowest BCUT2D eigenvalue weighted by atomic mass is 10.1. The van der Waals surface area contributed by atoms with E-state index in [1.165, 1.54) is 5.56 Å². The fourth-order valence-electron chi connectivity index (χ4n) is 1.16.